The summed E-state index contributed by atoms with van der Waals surface area (Å²) in [4.78, 5) is 23.3. The number of benzene rings is 1. The molecule has 0 bridgehead atoms. The van der Waals surface area contributed by atoms with Crippen LogP contribution in [-0.2, 0) is 14.3 Å². The van der Waals surface area contributed by atoms with Gasteiger partial charge in [0, 0.05) is 5.02 Å². The summed E-state index contributed by atoms with van der Waals surface area (Å²) in [5, 5.41) is 2.25. The standard InChI is InChI=1S/C12H12Cl2N2O3/c1-2-19-12(18)10-6-11(17)15-16(10)9-4-3-7(13)5-8(9)14/h3-5,10H,2,6H2,1H3,(H,15,17). The van der Waals surface area contributed by atoms with Crippen LogP contribution in [0.25, 0.3) is 0 Å². The fourth-order valence-corrected chi connectivity index (χ4v) is 2.36. The number of hydrazine groups is 1. The molecule has 1 heterocycles. The van der Waals surface area contributed by atoms with E-state index in [-0.39, 0.29) is 18.9 Å². The number of halogens is 2. The minimum Gasteiger partial charge on any atom is -0.464 e. The van der Waals surface area contributed by atoms with Gasteiger partial charge in [0.2, 0.25) is 5.91 Å². The molecule has 1 saturated heterocycles. The van der Waals surface area contributed by atoms with E-state index in [1.807, 2.05) is 0 Å². The Hall–Kier alpha value is -1.46. The van der Waals surface area contributed by atoms with Gasteiger partial charge in [-0.25, -0.2) is 4.79 Å². The molecule has 1 N–H and O–H groups in total. The minimum atomic E-state index is -0.717. The number of carbonyl (C=O) groups excluding carboxylic acids is 2. The molecule has 1 unspecified atom stereocenters. The van der Waals surface area contributed by atoms with Crippen LogP contribution in [-0.4, -0.2) is 24.5 Å². The summed E-state index contributed by atoms with van der Waals surface area (Å²) < 4.78 is 4.95. The van der Waals surface area contributed by atoms with E-state index >= 15 is 0 Å². The summed E-state index contributed by atoms with van der Waals surface area (Å²) >= 11 is 11.9. The monoisotopic (exact) mass is 302 g/mol. The Morgan fingerprint density at radius 1 is 1.53 bits per heavy atom. The first-order valence-corrected chi connectivity index (χ1v) is 6.49. The average molecular weight is 303 g/mol. The molecule has 102 valence electrons. The highest BCUT2D eigenvalue weighted by Crippen LogP contribution is 2.31. The molecule has 1 aromatic carbocycles. The second kappa shape index (κ2) is 5.67. The Kier molecular flexibility index (Phi) is 4.17. The van der Waals surface area contributed by atoms with E-state index in [1.165, 1.54) is 5.01 Å². The van der Waals surface area contributed by atoms with Crippen molar-refractivity contribution in [2.24, 2.45) is 0 Å². The Labute approximate surface area is 120 Å². The van der Waals surface area contributed by atoms with Gasteiger partial charge in [0.05, 0.1) is 23.7 Å². The SMILES string of the molecule is CCOC(=O)C1CC(=O)NN1c1ccc(Cl)cc1Cl. The van der Waals surface area contributed by atoms with E-state index in [4.69, 9.17) is 27.9 Å². The predicted molar refractivity (Wildman–Crippen MR) is 72.1 cm³/mol. The lowest BCUT2D eigenvalue weighted by molar-refractivity contribution is -0.144. The molecule has 0 aliphatic carbocycles. The second-order valence-electron chi connectivity index (χ2n) is 3.97. The Bertz CT molecular complexity index is 522. The summed E-state index contributed by atoms with van der Waals surface area (Å²) in [7, 11) is 0. The van der Waals surface area contributed by atoms with Gasteiger partial charge >= 0.3 is 5.97 Å². The van der Waals surface area contributed by atoms with Gasteiger partial charge in [-0.2, -0.15) is 0 Å². The highest BCUT2D eigenvalue weighted by atomic mass is 35.5. The largest absolute Gasteiger partial charge is 0.464 e. The highest BCUT2D eigenvalue weighted by Gasteiger charge is 2.37. The number of ether oxygens (including phenoxy) is 1. The molecule has 0 radical (unpaired) electrons. The lowest BCUT2D eigenvalue weighted by Gasteiger charge is -2.24. The molecule has 0 saturated carbocycles. The zero-order chi connectivity index (χ0) is 14.0. The molecule has 1 aliphatic rings. The molecule has 0 aromatic heterocycles. The number of hydrogen-bond donors (Lipinski definition) is 1. The maximum absolute atomic E-state index is 11.8. The Morgan fingerprint density at radius 2 is 2.26 bits per heavy atom. The van der Waals surface area contributed by atoms with Crippen LogP contribution >= 0.6 is 23.2 Å². The number of esters is 1. The van der Waals surface area contributed by atoms with Crippen molar-refractivity contribution in [1.29, 1.82) is 0 Å². The molecular weight excluding hydrogens is 291 g/mol. The van der Waals surface area contributed by atoms with Crippen LogP contribution in [0.2, 0.25) is 10.0 Å². The lowest BCUT2D eigenvalue weighted by atomic mass is 10.2. The number of hydrogen-bond acceptors (Lipinski definition) is 4. The zero-order valence-corrected chi connectivity index (χ0v) is 11.7. The van der Waals surface area contributed by atoms with E-state index in [2.05, 4.69) is 5.43 Å². The number of rotatable bonds is 3. The van der Waals surface area contributed by atoms with Gasteiger partial charge in [0.25, 0.3) is 0 Å². The number of nitrogens with zero attached hydrogens (tertiary/aromatic N) is 1. The number of carbonyl (C=O) groups is 2. The van der Waals surface area contributed by atoms with Crippen molar-refractivity contribution in [3.8, 4) is 0 Å². The number of nitrogens with one attached hydrogen (secondary N) is 1. The van der Waals surface area contributed by atoms with Crippen molar-refractivity contribution in [3.05, 3.63) is 28.2 Å². The quantitative estimate of drug-likeness (QED) is 0.869. The third-order valence-electron chi connectivity index (χ3n) is 2.66. The first-order chi connectivity index (χ1) is 9.02. The van der Waals surface area contributed by atoms with E-state index in [9.17, 15) is 9.59 Å². The van der Waals surface area contributed by atoms with E-state index in [0.29, 0.717) is 15.7 Å². The third kappa shape index (κ3) is 2.93. The summed E-state index contributed by atoms with van der Waals surface area (Å²) in [6, 6.07) is 4.11. The van der Waals surface area contributed by atoms with Crippen molar-refractivity contribution in [3.63, 3.8) is 0 Å². The fourth-order valence-electron chi connectivity index (χ4n) is 1.86. The van der Waals surface area contributed by atoms with Crippen LogP contribution in [0.3, 0.4) is 0 Å². The molecular formula is C12H12Cl2N2O3. The van der Waals surface area contributed by atoms with E-state index in [1.54, 1.807) is 25.1 Å². The number of amides is 1. The van der Waals surface area contributed by atoms with Crippen LogP contribution in [0.5, 0.6) is 0 Å². The van der Waals surface area contributed by atoms with Crippen LogP contribution in [0.15, 0.2) is 18.2 Å². The molecule has 1 aromatic rings. The lowest BCUT2D eigenvalue weighted by Crippen LogP contribution is -2.43. The smallest absolute Gasteiger partial charge is 0.331 e. The summed E-state index contributed by atoms with van der Waals surface area (Å²) in [6.45, 7) is 1.97. The number of anilines is 1. The van der Waals surface area contributed by atoms with Gasteiger partial charge in [0.15, 0.2) is 6.04 Å². The van der Waals surface area contributed by atoms with Crippen molar-refractivity contribution in [2.75, 3.05) is 11.6 Å². The molecule has 5 nitrogen and oxygen atoms in total. The highest BCUT2D eigenvalue weighted by molar-refractivity contribution is 6.36. The van der Waals surface area contributed by atoms with Crippen LogP contribution in [0, 0.1) is 0 Å². The van der Waals surface area contributed by atoms with Gasteiger partial charge in [0.1, 0.15) is 0 Å². The van der Waals surface area contributed by atoms with Gasteiger partial charge in [-0.3, -0.25) is 15.2 Å². The Balaban J connectivity index is 2.30. The van der Waals surface area contributed by atoms with Crippen molar-refractivity contribution in [1.82, 2.24) is 5.43 Å². The van der Waals surface area contributed by atoms with Crippen molar-refractivity contribution in [2.45, 2.75) is 19.4 Å². The van der Waals surface area contributed by atoms with Gasteiger partial charge in [-0.05, 0) is 25.1 Å². The third-order valence-corrected chi connectivity index (χ3v) is 3.20. The molecule has 1 fully saturated rings. The van der Waals surface area contributed by atoms with Crippen molar-refractivity contribution < 1.29 is 14.3 Å². The molecule has 2 rings (SSSR count). The van der Waals surface area contributed by atoms with Crippen LogP contribution in [0.1, 0.15) is 13.3 Å². The van der Waals surface area contributed by atoms with Gasteiger partial charge in [-0.15, -0.1) is 0 Å². The maximum atomic E-state index is 11.8. The van der Waals surface area contributed by atoms with Crippen molar-refractivity contribution >= 4 is 40.8 Å². The summed E-state index contributed by atoms with van der Waals surface area (Å²) in [5.41, 5.74) is 3.10. The first-order valence-electron chi connectivity index (χ1n) is 5.73. The normalized spacial score (nSPS) is 18.4. The molecule has 7 heteroatoms. The van der Waals surface area contributed by atoms with E-state index in [0.717, 1.165) is 0 Å². The van der Waals surface area contributed by atoms with Crippen LogP contribution < -0.4 is 10.4 Å². The molecule has 1 amide bonds. The zero-order valence-electron chi connectivity index (χ0n) is 10.2. The maximum Gasteiger partial charge on any atom is 0.331 e. The molecule has 19 heavy (non-hydrogen) atoms. The second-order valence-corrected chi connectivity index (χ2v) is 4.82. The Morgan fingerprint density at radius 3 is 2.89 bits per heavy atom. The summed E-state index contributed by atoms with van der Waals surface area (Å²) in [5.74, 6) is -0.726. The van der Waals surface area contributed by atoms with Gasteiger partial charge < -0.3 is 4.74 Å². The molecule has 1 atom stereocenters. The molecule has 0 spiro atoms. The summed E-state index contributed by atoms with van der Waals surface area (Å²) in [6.07, 6.45) is 0.0395. The average Bonchev–Trinajstić information content (AvgIpc) is 2.71. The van der Waals surface area contributed by atoms with E-state index < -0.39 is 12.0 Å². The topological polar surface area (TPSA) is 58.6 Å². The molecule has 1 aliphatic heterocycles. The fraction of sp³-hybridized carbons (Fsp3) is 0.333. The predicted octanol–water partition coefficient (Wildman–Crippen LogP) is 2.17. The first kappa shape index (κ1) is 14.0. The minimum absolute atomic E-state index is 0.0395. The van der Waals surface area contributed by atoms with Gasteiger partial charge in [-0.1, -0.05) is 23.2 Å². The van der Waals surface area contributed by atoms with Crippen LogP contribution in [0.4, 0.5) is 5.69 Å².